The van der Waals surface area contributed by atoms with E-state index < -0.39 is 0 Å². The van der Waals surface area contributed by atoms with Crippen molar-refractivity contribution in [3.05, 3.63) is 52.4 Å². The van der Waals surface area contributed by atoms with E-state index in [1.807, 2.05) is 24.3 Å². The molecule has 0 bridgehead atoms. The number of benzene rings is 1. The third-order valence-electron chi connectivity index (χ3n) is 3.64. The number of thiophene rings is 1. The Bertz CT molecular complexity index is 711. The maximum atomic E-state index is 12.1. The van der Waals surface area contributed by atoms with Crippen molar-refractivity contribution in [3.63, 3.8) is 0 Å². The highest BCUT2D eigenvalue weighted by molar-refractivity contribution is 7.80. The lowest BCUT2D eigenvalue weighted by molar-refractivity contribution is 0.0602. The fourth-order valence-electron chi connectivity index (χ4n) is 2.30. The Morgan fingerprint density at radius 1 is 1.28 bits per heavy atom. The average Bonchev–Trinajstić information content (AvgIpc) is 2.97. The number of rotatable bonds is 7. The minimum atomic E-state index is -0.358. The summed E-state index contributed by atoms with van der Waals surface area (Å²) >= 11 is 6.87. The first kappa shape index (κ1) is 19.4. The lowest BCUT2D eigenvalue weighted by Gasteiger charge is -2.11. The fraction of sp³-hybridized carbons (Fsp3) is 0.368. The number of methoxy groups -OCH3 is 1. The molecule has 1 aromatic carbocycles. The zero-order valence-corrected chi connectivity index (χ0v) is 16.4. The molecule has 0 fully saturated rings. The smallest absolute Gasteiger partial charge is 0.340 e. The third kappa shape index (κ3) is 6.14. The van der Waals surface area contributed by atoms with E-state index in [2.05, 4.69) is 36.6 Å². The zero-order chi connectivity index (χ0) is 18.2. The maximum Gasteiger partial charge on any atom is 0.340 e. The van der Waals surface area contributed by atoms with E-state index in [-0.39, 0.29) is 5.97 Å². The molecule has 0 amide bonds. The molecular weight excluding hydrogens is 352 g/mol. The molecule has 134 valence electrons. The highest BCUT2D eigenvalue weighted by Gasteiger charge is 2.17. The van der Waals surface area contributed by atoms with Crippen LogP contribution in [0.3, 0.4) is 0 Å². The van der Waals surface area contributed by atoms with Gasteiger partial charge in [0.05, 0.1) is 12.7 Å². The molecule has 6 heteroatoms. The highest BCUT2D eigenvalue weighted by atomic mass is 32.1. The number of thiocarbonyl (C=S) groups is 1. The van der Waals surface area contributed by atoms with E-state index in [1.54, 1.807) is 0 Å². The molecule has 0 saturated heterocycles. The second kappa shape index (κ2) is 9.53. The van der Waals surface area contributed by atoms with Crippen LogP contribution in [-0.4, -0.2) is 24.7 Å². The van der Waals surface area contributed by atoms with Crippen molar-refractivity contribution < 1.29 is 9.53 Å². The summed E-state index contributed by atoms with van der Waals surface area (Å²) in [5.74, 6) is 0.253. The summed E-state index contributed by atoms with van der Waals surface area (Å²) in [6.07, 6.45) is 1.81. The Kier molecular flexibility index (Phi) is 7.40. The van der Waals surface area contributed by atoms with Crippen LogP contribution in [0.5, 0.6) is 0 Å². The molecule has 0 atom stereocenters. The first-order valence-corrected chi connectivity index (χ1v) is 9.52. The molecule has 0 spiro atoms. The number of hydrogen-bond acceptors (Lipinski definition) is 4. The van der Waals surface area contributed by atoms with E-state index >= 15 is 0 Å². The lowest BCUT2D eigenvalue weighted by atomic mass is 10.1. The Labute approximate surface area is 158 Å². The minimum absolute atomic E-state index is 0.358. The van der Waals surface area contributed by atoms with Gasteiger partial charge in [-0.25, -0.2) is 4.79 Å². The molecule has 2 N–H and O–H groups in total. The standard InChI is InChI=1S/C19H24N2O2S2/c1-13(2)9-10-20-19(24)21-17-16(18(22)23-3)12-15(25-17)11-14-7-5-4-6-8-14/h4-8,12-13H,9-11H2,1-3H3,(H2,20,21,24). The topological polar surface area (TPSA) is 50.4 Å². The summed E-state index contributed by atoms with van der Waals surface area (Å²) in [5.41, 5.74) is 1.72. The van der Waals surface area contributed by atoms with Crippen molar-refractivity contribution >= 4 is 39.6 Å². The predicted molar refractivity (Wildman–Crippen MR) is 109 cm³/mol. The first-order chi connectivity index (χ1) is 12.0. The Morgan fingerprint density at radius 2 is 2.00 bits per heavy atom. The van der Waals surface area contributed by atoms with Crippen molar-refractivity contribution in [2.45, 2.75) is 26.7 Å². The quantitative estimate of drug-likeness (QED) is 0.552. The van der Waals surface area contributed by atoms with Gasteiger partial charge < -0.3 is 15.4 Å². The number of nitrogens with one attached hydrogen (secondary N) is 2. The normalized spacial score (nSPS) is 10.6. The Hall–Kier alpha value is -1.92. The van der Waals surface area contributed by atoms with Gasteiger partial charge in [-0.2, -0.15) is 0 Å². The van der Waals surface area contributed by atoms with Gasteiger partial charge in [0.1, 0.15) is 5.00 Å². The van der Waals surface area contributed by atoms with Gasteiger partial charge in [0, 0.05) is 17.8 Å². The molecule has 2 rings (SSSR count). The van der Waals surface area contributed by atoms with Gasteiger partial charge in [0.15, 0.2) is 5.11 Å². The van der Waals surface area contributed by atoms with E-state index in [4.69, 9.17) is 17.0 Å². The van der Waals surface area contributed by atoms with Gasteiger partial charge in [-0.1, -0.05) is 44.2 Å². The fourth-order valence-corrected chi connectivity index (χ4v) is 3.65. The summed E-state index contributed by atoms with van der Waals surface area (Å²) in [4.78, 5) is 13.1. The van der Waals surface area contributed by atoms with Crippen LogP contribution < -0.4 is 10.6 Å². The molecular formula is C19H24N2O2S2. The van der Waals surface area contributed by atoms with Crippen LogP contribution in [0.25, 0.3) is 0 Å². The van der Waals surface area contributed by atoms with Crippen LogP contribution in [0, 0.1) is 5.92 Å². The minimum Gasteiger partial charge on any atom is -0.465 e. The van der Waals surface area contributed by atoms with E-state index in [0.717, 1.165) is 29.3 Å². The van der Waals surface area contributed by atoms with Crippen molar-refractivity contribution in [3.8, 4) is 0 Å². The highest BCUT2D eigenvalue weighted by Crippen LogP contribution is 2.30. The summed E-state index contributed by atoms with van der Waals surface area (Å²) in [6, 6.07) is 12.0. The molecule has 0 saturated carbocycles. The van der Waals surface area contributed by atoms with Crippen LogP contribution in [0.15, 0.2) is 36.4 Å². The molecule has 0 unspecified atom stereocenters. The van der Waals surface area contributed by atoms with Gasteiger partial charge in [-0.3, -0.25) is 0 Å². The molecule has 4 nitrogen and oxygen atoms in total. The lowest BCUT2D eigenvalue weighted by Crippen LogP contribution is -2.30. The van der Waals surface area contributed by atoms with Crippen LogP contribution in [0.4, 0.5) is 5.00 Å². The SMILES string of the molecule is COC(=O)c1cc(Cc2ccccc2)sc1NC(=S)NCCC(C)C. The predicted octanol–water partition coefficient (Wildman–Crippen LogP) is 4.46. The summed E-state index contributed by atoms with van der Waals surface area (Å²) in [6.45, 7) is 5.14. The van der Waals surface area contributed by atoms with Crippen LogP contribution in [-0.2, 0) is 11.2 Å². The van der Waals surface area contributed by atoms with Gasteiger partial charge in [0.25, 0.3) is 0 Å². The molecule has 1 heterocycles. The summed E-state index contributed by atoms with van der Waals surface area (Å²) < 4.78 is 4.90. The number of hydrogen-bond donors (Lipinski definition) is 2. The van der Waals surface area contributed by atoms with Crippen molar-refractivity contribution in [1.29, 1.82) is 0 Å². The maximum absolute atomic E-state index is 12.1. The number of anilines is 1. The molecule has 0 aliphatic rings. The van der Waals surface area contributed by atoms with Gasteiger partial charge >= 0.3 is 5.97 Å². The largest absolute Gasteiger partial charge is 0.465 e. The number of carbonyl (C=O) groups is 1. The summed E-state index contributed by atoms with van der Waals surface area (Å²) in [7, 11) is 1.39. The number of carbonyl (C=O) groups excluding carboxylic acids is 1. The van der Waals surface area contributed by atoms with E-state index in [0.29, 0.717) is 16.6 Å². The molecule has 2 aromatic rings. The van der Waals surface area contributed by atoms with Crippen LogP contribution in [0.2, 0.25) is 0 Å². The average molecular weight is 377 g/mol. The molecule has 0 aliphatic carbocycles. The van der Waals surface area contributed by atoms with Crippen LogP contribution >= 0.6 is 23.6 Å². The molecule has 1 aromatic heterocycles. The zero-order valence-electron chi connectivity index (χ0n) is 14.8. The number of ether oxygens (including phenoxy) is 1. The van der Waals surface area contributed by atoms with E-state index in [9.17, 15) is 4.79 Å². The van der Waals surface area contributed by atoms with Gasteiger partial charge in [0.2, 0.25) is 0 Å². The molecule has 0 aliphatic heterocycles. The Morgan fingerprint density at radius 3 is 2.64 bits per heavy atom. The monoisotopic (exact) mass is 376 g/mol. The number of esters is 1. The van der Waals surface area contributed by atoms with Gasteiger partial charge in [-0.05, 0) is 36.2 Å². The third-order valence-corrected chi connectivity index (χ3v) is 4.94. The molecule has 25 heavy (non-hydrogen) atoms. The second-order valence-corrected chi connectivity index (χ2v) is 7.72. The second-order valence-electron chi connectivity index (χ2n) is 6.17. The first-order valence-electron chi connectivity index (χ1n) is 8.29. The van der Waals surface area contributed by atoms with Crippen molar-refractivity contribution in [1.82, 2.24) is 5.32 Å². The van der Waals surface area contributed by atoms with Crippen molar-refractivity contribution in [2.75, 3.05) is 19.0 Å². The summed E-state index contributed by atoms with van der Waals surface area (Å²) in [5, 5.41) is 7.57. The Balaban J connectivity index is 2.09. The van der Waals surface area contributed by atoms with E-state index in [1.165, 1.54) is 24.0 Å². The van der Waals surface area contributed by atoms with Crippen LogP contribution in [0.1, 0.15) is 41.1 Å². The molecule has 0 radical (unpaired) electrons. The van der Waals surface area contributed by atoms with Gasteiger partial charge in [-0.15, -0.1) is 11.3 Å². The van der Waals surface area contributed by atoms with Crippen molar-refractivity contribution in [2.24, 2.45) is 5.92 Å².